The van der Waals surface area contributed by atoms with Crippen molar-refractivity contribution in [1.82, 2.24) is 9.36 Å². The molecule has 0 bridgehead atoms. The van der Waals surface area contributed by atoms with Crippen LogP contribution < -0.4 is 40.4 Å². The van der Waals surface area contributed by atoms with E-state index >= 15 is 0 Å². The van der Waals surface area contributed by atoms with Gasteiger partial charge < -0.3 is 9.87 Å². The predicted molar refractivity (Wildman–Crippen MR) is 83.3 cm³/mol. The fourth-order valence-corrected chi connectivity index (χ4v) is 2.79. The number of hydrogen-bond acceptors (Lipinski definition) is 5. The predicted octanol–water partition coefficient (Wildman–Crippen LogP) is -1.78. The van der Waals surface area contributed by atoms with Gasteiger partial charge in [-0.25, -0.2) is 13.1 Å². The first-order valence-corrected chi connectivity index (χ1v) is 8.35. The van der Waals surface area contributed by atoms with Crippen LogP contribution in [0, 0.1) is 0 Å². The van der Waals surface area contributed by atoms with E-state index in [4.69, 9.17) is 0 Å². The van der Waals surface area contributed by atoms with Crippen LogP contribution in [0.5, 0.6) is 0 Å². The summed E-state index contributed by atoms with van der Waals surface area (Å²) in [7, 11) is -2.75. The Balaban J connectivity index is 0.00000264. The molecule has 9 heteroatoms. The van der Waals surface area contributed by atoms with Crippen molar-refractivity contribution in [2.75, 3.05) is 11.2 Å². The number of nitrogens with one attached hydrogen (secondary N) is 1. The number of para-hydroxylation sites is 1. The molecule has 2 rings (SSSR count). The first-order chi connectivity index (χ1) is 10.2. The number of hydrogen-bond donors (Lipinski definition) is 1. The van der Waals surface area contributed by atoms with E-state index in [0.717, 1.165) is 0 Å². The van der Waals surface area contributed by atoms with Crippen LogP contribution in [-0.2, 0) is 17.2 Å². The van der Waals surface area contributed by atoms with E-state index in [2.05, 4.69) is 5.32 Å². The Kier molecular flexibility index (Phi) is 6.67. The van der Waals surface area contributed by atoms with Gasteiger partial charge in [-0.15, -0.1) is 0 Å². The molecule has 0 unspecified atom stereocenters. The average Bonchev–Trinajstić information content (AvgIpc) is 2.67. The van der Waals surface area contributed by atoms with Crippen molar-refractivity contribution in [3.63, 3.8) is 0 Å². The topological polar surface area (TPSA) is 96.2 Å². The number of rotatable bonds is 5. The Bertz CT molecular complexity index is 826. The molecule has 1 N–H and O–H groups in total. The van der Waals surface area contributed by atoms with Gasteiger partial charge in [-0.2, -0.15) is 0 Å². The van der Waals surface area contributed by atoms with Crippen molar-refractivity contribution in [3.8, 4) is 5.69 Å². The van der Waals surface area contributed by atoms with E-state index in [1.165, 1.54) is 4.68 Å². The van der Waals surface area contributed by atoms with Gasteiger partial charge in [0.15, 0.2) is 0 Å². The van der Waals surface area contributed by atoms with Crippen LogP contribution >= 0.6 is 0 Å². The molecule has 0 aliphatic heterocycles. The molecular weight excluding hydrogens is 329 g/mol. The van der Waals surface area contributed by atoms with Crippen molar-refractivity contribution >= 4 is 15.8 Å². The smallest absolute Gasteiger partial charge is 0.747 e. The molecule has 0 amide bonds. The Hall–Kier alpha value is -1.06. The maximum Gasteiger partial charge on any atom is 1.00 e. The molecule has 1 heterocycles. The van der Waals surface area contributed by atoms with E-state index in [-0.39, 0.29) is 46.7 Å². The van der Waals surface area contributed by atoms with E-state index < -0.39 is 16.0 Å². The van der Waals surface area contributed by atoms with E-state index in [1.807, 2.05) is 19.9 Å². The average molecular weight is 347 g/mol. The third-order valence-corrected chi connectivity index (χ3v) is 3.78. The number of nitrogens with zero attached hydrogens (tertiary/aromatic N) is 2. The normalized spacial score (nSPS) is 11.3. The summed E-state index contributed by atoms with van der Waals surface area (Å²) in [5, 5.41) is 2.48. The molecule has 0 fully saturated rings. The molecule has 0 aliphatic carbocycles. The van der Waals surface area contributed by atoms with Crippen molar-refractivity contribution < 1.29 is 42.5 Å². The zero-order valence-electron chi connectivity index (χ0n) is 13.6. The first kappa shape index (κ1) is 20.0. The maximum atomic E-state index is 12.6. The van der Waals surface area contributed by atoms with Gasteiger partial charge in [-0.1, -0.05) is 32.0 Å². The molecule has 7 nitrogen and oxygen atoms in total. The van der Waals surface area contributed by atoms with Gasteiger partial charge in [0, 0.05) is 7.05 Å². The van der Waals surface area contributed by atoms with Crippen LogP contribution in [0.4, 0.5) is 5.69 Å². The van der Waals surface area contributed by atoms with Gasteiger partial charge in [0.1, 0.15) is 21.7 Å². The van der Waals surface area contributed by atoms with Gasteiger partial charge in [-0.05, 0) is 18.1 Å². The minimum absolute atomic E-state index is 0. The Morgan fingerprint density at radius 3 is 2.26 bits per heavy atom. The van der Waals surface area contributed by atoms with Crippen molar-refractivity contribution in [2.24, 2.45) is 7.05 Å². The van der Waals surface area contributed by atoms with Crippen LogP contribution in [-0.4, -0.2) is 28.2 Å². The largest absolute Gasteiger partial charge is 1.00 e. The quantitative estimate of drug-likeness (QED) is 0.509. The number of aromatic nitrogens is 2. The van der Waals surface area contributed by atoms with E-state index in [1.54, 1.807) is 36.0 Å². The molecule has 23 heavy (non-hydrogen) atoms. The summed E-state index contributed by atoms with van der Waals surface area (Å²) in [6, 6.07) is 9.00. The summed E-state index contributed by atoms with van der Waals surface area (Å²) in [6.45, 7) is 3.78. The van der Waals surface area contributed by atoms with Crippen molar-refractivity contribution in [2.45, 2.75) is 19.8 Å². The molecule has 0 radical (unpaired) electrons. The fourth-order valence-electron chi connectivity index (χ4n) is 2.47. The second kappa shape index (κ2) is 7.67. The second-order valence-electron chi connectivity index (χ2n) is 5.27. The van der Waals surface area contributed by atoms with Crippen molar-refractivity contribution in [1.29, 1.82) is 0 Å². The second-order valence-corrected chi connectivity index (χ2v) is 6.67. The van der Waals surface area contributed by atoms with Gasteiger partial charge in [0.2, 0.25) is 0 Å². The summed E-state index contributed by atoms with van der Waals surface area (Å²) in [6.07, 6.45) is 0. The first-order valence-electron chi connectivity index (χ1n) is 6.77. The summed E-state index contributed by atoms with van der Waals surface area (Å²) in [4.78, 5) is 12.6. The molecule has 1 aromatic heterocycles. The van der Waals surface area contributed by atoms with E-state index in [0.29, 0.717) is 11.4 Å². The van der Waals surface area contributed by atoms with Crippen molar-refractivity contribution in [3.05, 3.63) is 46.4 Å². The summed E-state index contributed by atoms with van der Waals surface area (Å²) < 4.78 is 35.6. The minimum Gasteiger partial charge on any atom is -0.747 e. The SMILES string of the molecule is CC(C)c1c(NCS(=O)(=O)[O-])c(=O)n(-c2ccccc2)n1C.[Na+]. The Labute approximate surface area is 157 Å². The van der Waals surface area contributed by atoms with Gasteiger partial charge in [0.25, 0.3) is 5.56 Å². The summed E-state index contributed by atoms with van der Waals surface area (Å²) in [5.74, 6) is -0.847. The van der Waals surface area contributed by atoms with Crippen LogP contribution in [0.15, 0.2) is 35.1 Å². The third kappa shape index (κ3) is 4.48. The minimum atomic E-state index is -4.47. The van der Waals surface area contributed by atoms with Gasteiger partial charge in [0.05, 0.1) is 11.4 Å². The molecule has 0 aliphatic rings. The monoisotopic (exact) mass is 347 g/mol. The molecule has 0 atom stereocenters. The molecule has 120 valence electrons. The van der Waals surface area contributed by atoms with Crippen LogP contribution in [0.25, 0.3) is 5.69 Å². The maximum absolute atomic E-state index is 12.6. The van der Waals surface area contributed by atoms with Crippen LogP contribution in [0.3, 0.4) is 0 Å². The van der Waals surface area contributed by atoms with Gasteiger partial charge in [-0.3, -0.25) is 9.48 Å². The Morgan fingerprint density at radius 2 is 1.78 bits per heavy atom. The molecule has 1 aromatic carbocycles. The number of anilines is 1. The Morgan fingerprint density at radius 1 is 1.22 bits per heavy atom. The van der Waals surface area contributed by atoms with Crippen LogP contribution in [0.1, 0.15) is 25.5 Å². The molecular formula is C14H18N3NaO4S. The molecule has 2 aromatic rings. The zero-order valence-corrected chi connectivity index (χ0v) is 16.4. The van der Waals surface area contributed by atoms with Gasteiger partial charge >= 0.3 is 29.6 Å². The zero-order chi connectivity index (χ0) is 16.5. The standard InChI is InChI=1S/C14H19N3O4S.Na/c1-10(2)13-12(15-9-22(19,20)21)14(18)17(16(13)3)11-7-5-4-6-8-11;/h4-8,10,15H,9H2,1-3H3,(H,19,20,21);/q;+1/p-1. The molecule has 0 spiro atoms. The number of benzene rings is 1. The fraction of sp³-hybridized carbons (Fsp3) is 0.357. The summed E-state index contributed by atoms with van der Waals surface area (Å²) in [5.41, 5.74) is 1.05. The molecule has 0 saturated carbocycles. The van der Waals surface area contributed by atoms with E-state index in [9.17, 15) is 17.8 Å². The summed E-state index contributed by atoms with van der Waals surface area (Å²) >= 11 is 0. The van der Waals surface area contributed by atoms with Crippen LogP contribution in [0.2, 0.25) is 0 Å². The molecule has 0 saturated heterocycles. The third-order valence-electron chi connectivity index (χ3n) is 3.28.